The Kier molecular flexibility index (Phi) is 5.69. The lowest BCUT2D eigenvalue weighted by Crippen LogP contribution is -2.35. The molecule has 0 aliphatic carbocycles. The highest BCUT2D eigenvalue weighted by Gasteiger charge is 2.45. The van der Waals surface area contributed by atoms with Gasteiger partial charge in [0.1, 0.15) is 5.82 Å². The van der Waals surface area contributed by atoms with Gasteiger partial charge in [0.2, 0.25) is 0 Å². The summed E-state index contributed by atoms with van der Waals surface area (Å²) in [4.78, 5) is 5.32. The number of fused-ring (bicyclic) bond motifs is 5. The van der Waals surface area contributed by atoms with Crippen molar-refractivity contribution in [2.24, 2.45) is 0 Å². The van der Waals surface area contributed by atoms with Gasteiger partial charge in [-0.1, -0.05) is 146 Å². The molecule has 0 saturated heterocycles. The second kappa shape index (κ2) is 10.1. The highest BCUT2D eigenvalue weighted by molar-refractivity contribution is 7.26. The molecule has 0 amide bonds. The molecule has 220 valence electrons. The largest absolute Gasteiger partial charge is 0.292 e. The molecule has 1 aliphatic rings. The highest BCUT2D eigenvalue weighted by atomic mass is 32.1. The third kappa shape index (κ3) is 3.69. The Labute approximate surface area is 276 Å². The molecule has 0 saturated carbocycles. The summed E-state index contributed by atoms with van der Waals surface area (Å²) in [6.07, 6.45) is 0. The number of rotatable bonds is 4. The van der Waals surface area contributed by atoms with E-state index >= 15 is 0 Å². The molecule has 3 heteroatoms. The minimum atomic E-state index is -0.564. The quantitative estimate of drug-likeness (QED) is 0.192. The van der Waals surface area contributed by atoms with Crippen LogP contribution >= 0.6 is 11.3 Å². The fourth-order valence-corrected chi connectivity index (χ4v) is 9.17. The van der Waals surface area contributed by atoms with Crippen LogP contribution in [0.2, 0.25) is 0 Å². The van der Waals surface area contributed by atoms with E-state index in [4.69, 9.17) is 4.98 Å². The zero-order valence-corrected chi connectivity index (χ0v) is 26.3. The molecule has 0 radical (unpaired) electrons. The Morgan fingerprint density at radius 2 is 1.17 bits per heavy atom. The number of hydrogen-bond acceptors (Lipinski definition) is 2. The Morgan fingerprint density at radius 1 is 0.511 bits per heavy atom. The van der Waals surface area contributed by atoms with Gasteiger partial charge in [-0.2, -0.15) is 0 Å². The van der Waals surface area contributed by atoms with Gasteiger partial charge < -0.3 is 0 Å². The number of benzene rings is 7. The Hall–Kier alpha value is -5.77. The van der Waals surface area contributed by atoms with Crippen molar-refractivity contribution >= 4 is 42.5 Å². The summed E-state index contributed by atoms with van der Waals surface area (Å²) < 4.78 is 5.05. The summed E-state index contributed by atoms with van der Waals surface area (Å²) >= 11 is 1.88. The molecule has 10 rings (SSSR count). The van der Waals surface area contributed by atoms with Gasteiger partial charge in [0.25, 0.3) is 0 Å². The van der Waals surface area contributed by atoms with Crippen molar-refractivity contribution in [1.82, 2.24) is 9.55 Å². The van der Waals surface area contributed by atoms with Gasteiger partial charge in [-0.05, 0) is 57.6 Å². The van der Waals surface area contributed by atoms with E-state index in [0.717, 1.165) is 28.1 Å². The first kappa shape index (κ1) is 26.4. The van der Waals surface area contributed by atoms with E-state index < -0.39 is 5.41 Å². The highest BCUT2D eigenvalue weighted by Crippen LogP contribution is 2.54. The number of nitrogens with zero attached hydrogens (tertiary/aromatic N) is 2. The van der Waals surface area contributed by atoms with Gasteiger partial charge in [-0.25, -0.2) is 4.98 Å². The molecule has 0 fully saturated rings. The summed E-state index contributed by atoms with van der Waals surface area (Å²) in [5.74, 6) is 0.961. The molecule has 0 N–H and O–H groups in total. The molecule has 0 unspecified atom stereocenters. The number of imidazole rings is 1. The zero-order valence-electron chi connectivity index (χ0n) is 25.5. The van der Waals surface area contributed by atoms with E-state index in [-0.39, 0.29) is 0 Å². The smallest absolute Gasteiger partial charge is 0.145 e. The van der Waals surface area contributed by atoms with E-state index in [2.05, 4.69) is 174 Å². The monoisotopic (exact) mass is 616 g/mol. The minimum absolute atomic E-state index is 0.564. The van der Waals surface area contributed by atoms with Crippen molar-refractivity contribution in [3.05, 3.63) is 192 Å². The van der Waals surface area contributed by atoms with Crippen LogP contribution in [0.3, 0.4) is 0 Å². The molecular weight excluding hydrogens is 589 g/mol. The lowest BCUT2D eigenvalue weighted by molar-refractivity contribution is 0.726. The van der Waals surface area contributed by atoms with E-state index in [1.165, 1.54) is 53.6 Å². The standard InChI is InChI=1S/C44H28N2S/c1-4-14-29(15-5-1)43-45-38-24-13-23-36-41(38)46(43)39-27-26-30(33-21-12-22-35-34-20-10-11-25-40(34)47-42(33)35)28-37(39)44(36,31-16-6-2-7-17-31)32-18-8-3-9-19-32/h1-28H. The van der Waals surface area contributed by atoms with Crippen molar-refractivity contribution < 1.29 is 0 Å². The van der Waals surface area contributed by atoms with Crippen molar-refractivity contribution in [2.45, 2.75) is 5.41 Å². The third-order valence-electron chi connectivity index (χ3n) is 9.88. The molecule has 0 spiro atoms. The van der Waals surface area contributed by atoms with Crippen molar-refractivity contribution in [1.29, 1.82) is 0 Å². The van der Waals surface area contributed by atoms with Crippen molar-refractivity contribution in [3.8, 4) is 28.2 Å². The molecule has 7 aromatic carbocycles. The Morgan fingerprint density at radius 3 is 1.94 bits per heavy atom. The average molecular weight is 617 g/mol. The molecule has 0 bridgehead atoms. The maximum Gasteiger partial charge on any atom is 0.145 e. The van der Waals surface area contributed by atoms with Gasteiger partial charge in [-0.3, -0.25) is 4.57 Å². The topological polar surface area (TPSA) is 17.8 Å². The summed E-state index contributed by atoms with van der Waals surface area (Å²) in [5.41, 5.74) is 11.3. The van der Waals surface area contributed by atoms with Gasteiger partial charge in [-0.15, -0.1) is 11.3 Å². The molecule has 47 heavy (non-hydrogen) atoms. The number of para-hydroxylation sites is 1. The molecule has 2 nitrogen and oxygen atoms in total. The predicted octanol–water partition coefficient (Wildman–Crippen LogP) is 11.4. The van der Waals surface area contributed by atoms with Gasteiger partial charge in [0, 0.05) is 25.7 Å². The number of aromatic nitrogens is 2. The van der Waals surface area contributed by atoms with E-state index in [1.54, 1.807) is 0 Å². The molecule has 0 atom stereocenters. The maximum atomic E-state index is 5.32. The third-order valence-corrected chi connectivity index (χ3v) is 11.1. The second-order valence-corrected chi connectivity index (χ2v) is 13.4. The summed E-state index contributed by atoms with van der Waals surface area (Å²) in [7, 11) is 0. The first-order valence-corrected chi connectivity index (χ1v) is 16.9. The molecule has 2 aromatic heterocycles. The molecule has 3 heterocycles. The van der Waals surface area contributed by atoms with E-state index in [0.29, 0.717) is 0 Å². The lowest BCUT2D eigenvalue weighted by atomic mass is 9.63. The number of thiophene rings is 1. The first-order chi connectivity index (χ1) is 23.3. The summed E-state index contributed by atoms with van der Waals surface area (Å²) in [6, 6.07) is 61.9. The second-order valence-electron chi connectivity index (χ2n) is 12.3. The SMILES string of the molecule is c1ccc(-c2nc3cccc4c3n2-c2ccc(-c3cccc5c3sc3ccccc35)cc2C4(c2ccccc2)c2ccccc2)cc1. The van der Waals surface area contributed by atoms with Crippen LogP contribution in [0.1, 0.15) is 22.3 Å². The zero-order chi connectivity index (χ0) is 31.0. The fourth-order valence-electron chi connectivity index (χ4n) is 7.93. The summed E-state index contributed by atoms with van der Waals surface area (Å²) in [5, 5.41) is 2.63. The van der Waals surface area contributed by atoms with E-state index in [1.807, 2.05) is 11.3 Å². The van der Waals surface area contributed by atoms with Crippen LogP contribution in [0, 0.1) is 0 Å². The van der Waals surface area contributed by atoms with Crippen LogP contribution in [0.25, 0.3) is 59.4 Å². The summed E-state index contributed by atoms with van der Waals surface area (Å²) in [6.45, 7) is 0. The first-order valence-electron chi connectivity index (χ1n) is 16.1. The van der Waals surface area contributed by atoms with Crippen molar-refractivity contribution in [2.75, 3.05) is 0 Å². The van der Waals surface area contributed by atoms with Crippen LogP contribution in [0.15, 0.2) is 170 Å². The van der Waals surface area contributed by atoms with Crippen LogP contribution in [0.5, 0.6) is 0 Å². The maximum absolute atomic E-state index is 5.32. The minimum Gasteiger partial charge on any atom is -0.292 e. The number of hydrogen-bond donors (Lipinski definition) is 0. The average Bonchev–Trinajstić information content (AvgIpc) is 3.73. The Bertz CT molecular complexity index is 2570. The van der Waals surface area contributed by atoms with Gasteiger partial charge in [0.15, 0.2) is 0 Å². The molecule has 9 aromatic rings. The normalized spacial score (nSPS) is 13.3. The molecular formula is C44H28N2S. The van der Waals surface area contributed by atoms with Crippen molar-refractivity contribution in [3.63, 3.8) is 0 Å². The Balaban J connectivity index is 1.37. The van der Waals surface area contributed by atoms with E-state index in [9.17, 15) is 0 Å². The van der Waals surface area contributed by atoms with Gasteiger partial charge in [0.05, 0.1) is 22.1 Å². The van der Waals surface area contributed by atoms with Crippen LogP contribution < -0.4 is 0 Å². The van der Waals surface area contributed by atoms with Crippen LogP contribution in [-0.4, -0.2) is 9.55 Å². The lowest BCUT2D eigenvalue weighted by Gasteiger charge is -2.42. The predicted molar refractivity (Wildman–Crippen MR) is 197 cm³/mol. The molecule has 1 aliphatic heterocycles. The van der Waals surface area contributed by atoms with Crippen LogP contribution in [0.4, 0.5) is 0 Å². The van der Waals surface area contributed by atoms with Gasteiger partial charge >= 0.3 is 0 Å². The van der Waals surface area contributed by atoms with Crippen LogP contribution in [-0.2, 0) is 5.41 Å². The fraction of sp³-hybridized carbons (Fsp3) is 0.0227.